The average molecular weight is 296 g/mol. The van der Waals surface area contributed by atoms with E-state index >= 15 is 0 Å². The Morgan fingerprint density at radius 2 is 2.25 bits per heavy atom. The topological polar surface area (TPSA) is 50.2 Å². The summed E-state index contributed by atoms with van der Waals surface area (Å²) in [5, 5.41) is 7.43. The summed E-state index contributed by atoms with van der Waals surface area (Å²) >= 11 is 1.93. The summed E-state index contributed by atoms with van der Waals surface area (Å²) in [6.45, 7) is 7.39. The standard InChI is InChI=1S/C14H24N4OS/c1-12-11-13(2)18(16-12)7-3-5-15-14(19)17-6-4-9-20-10-8-17/h11H,3-10H2,1-2H3,(H,15,19). The summed E-state index contributed by atoms with van der Waals surface area (Å²) in [6, 6.07) is 2.16. The first-order chi connectivity index (χ1) is 9.66. The summed E-state index contributed by atoms with van der Waals surface area (Å²) in [6.07, 6.45) is 2.01. The Bertz CT molecular complexity index is 438. The van der Waals surface area contributed by atoms with Crippen LogP contribution in [0.2, 0.25) is 0 Å². The van der Waals surface area contributed by atoms with Crippen molar-refractivity contribution < 1.29 is 4.79 Å². The number of rotatable bonds is 4. The minimum atomic E-state index is 0.0841. The van der Waals surface area contributed by atoms with Gasteiger partial charge in [-0.15, -0.1) is 0 Å². The number of nitrogens with one attached hydrogen (secondary N) is 1. The highest BCUT2D eigenvalue weighted by molar-refractivity contribution is 7.99. The predicted octanol–water partition coefficient (Wildman–Crippen LogP) is 2.04. The largest absolute Gasteiger partial charge is 0.338 e. The molecule has 5 nitrogen and oxygen atoms in total. The van der Waals surface area contributed by atoms with Gasteiger partial charge in [0.15, 0.2) is 0 Å². The fourth-order valence-corrected chi connectivity index (χ4v) is 3.27. The Hall–Kier alpha value is -1.17. The monoisotopic (exact) mass is 296 g/mol. The molecule has 0 bridgehead atoms. The molecule has 0 aliphatic carbocycles. The van der Waals surface area contributed by atoms with Crippen LogP contribution in [0, 0.1) is 13.8 Å². The van der Waals surface area contributed by atoms with Crippen LogP contribution in [-0.2, 0) is 6.54 Å². The van der Waals surface area contributed by atoms with Gasteiger partial charge in [0.2, 0.25) is 0 Å². The van der Waals surface area contributed by atoms with Gasteiger partial charge in [-0.2, -0.15) is 16.9 Å². The van der Waals surface area contributed by atoms with Crippen LogP contribution in [-0.4, -0.2) is 51.9 Å². The second-order valence-corrected chi connectivity index (χ2v) is 6.41. The van der Waals surface area contributed by atoms with Gasteiger partial charge in [0.1, 0.15) is 0 Å². The molecule has 2 amide bonds. The normalized spacial score (nSPS) is 16.0. The third-order valence-electron chi connectivity index (χ3n) is 3.44. The molecule has 1 N–H and O–H groups in total. The van der Waals surface area contributed by atoms with Crippen molar-refractivity contribution in [1.29, 1.82) is 0 Å². The van der Waals surface area contributed by atoms with Crippen molar-refractivity contribution in [3.8, 4) is 0 Å². The smallest absolute Gasteiger partial charge is 0.317 e. The molecule has 6 heteroatoms. The highest BCUT2D eigenvalue weighted by atomic mass is 32.2. The average Bonchev–Trinajstić information content (AvgIpc) is 2.64. The molecule has 2 rings (SSSR count). The molecule has 0 atom stereocenters. The lowest BCUT2D eigenvalue weighted by Gasteiger charge is -2.20. The number of thioether (sulfide) groups is 1. The van der Waals surface area contributed by atoms with Crippen molar-refractivity contribution in [2.45, 2.75) is 33.2 Å². The van der Waals surface area contributed by atoms with Crippen molar-refractivity contribution in [2.75, 3.05) is 31.1 Å². The maximum absolute atomic E-state index is 12.0. The van der Waals surface area contributed by atoms with Gasteiger partial charge in [-0.1, -0.05) is 0 Å². The summed E-state index contributed by atoms with van der Waals surface area (Å²) in [5.74, 6) is 2.22. The van der Waals surface area contributed by atoms with Crippen LogP contribution in [0.5, 0.6) is 0 Å². The van der Waals surface area contributed by atoms with Crippen LogP contribution in [0.25, 0.3) is 0 Å². The number of nitrogens with zero attached hydrogens (tertiary/aromatic N) is 3. The number of aromatic nitrogens is 2. The summed E-state index contributed by atoms with van der Waals surface area (Å²) in [4.78, 5) is 14.0. The molecule has 1 aromatic rings. The first kappa shape index (κ1) is 15.2. The van der Waals surface area contributed by atoms with Crippen LogP contribution in [0.1, 0.15) is 24.2 Å². The summed E-state index contributed by atoms with van der Waals surface area (Å²) < 4.78 is 2.00. The van der Waals surface area contributed by atoms with Crippen molar-refractivity contribution in [3.63, 3.8) is 0 Å². The van der Waals surface area contributed by atoms with E-state index in [1.807, 2.05) is 28.3 Å². The molecule has 1 saturated heterocycles. The van der Waals surface area contributed by atoms with E-state index in [-0.39, 0.29) is 6.03 Å². The van der Waals surface area contributed by atoms with Crippen molar-refractivity contribution in [1.82, 2.24) is 20.0 Å². The number of urea groups is 1. The van der Waals surface area contributed by atoms with Crippen molar-refractivity contribution in [3.05, 3.63) is 17.5 Å². The van der Waals surface area contributed by atoms with Crippen LogP contribution >= 0.6 is 11.8 Å². The molecule has 1 aliphatic rings. The van der Waals surface area contributed by atoms with Crippen LogP contribution in [0.4, 0.5) is 4.79 Å². The quantitative estimate of drug-likeness (QED) is 0.865. The Labute approximate surface area is 125 Å². The lowest BCUT2D eigenvalue weighted by molar-refractivity contribution is 0.201. The Morgan fingerprint density at radius 1 is 1.40 bits per heavy atom. The fourth-order valence-electron chi connectivity index (χ4n) is 2.39. The molecule has 1 fully saturated rings. The highest BCUT2D eigenvalue weighted by Gasteiger charge is 2.14. The number of hydrogen-bond donors (Lipinski definition) is 1. The van der Waals surface area contributed by atoms with Gasteiger partial charge in [-0.3, -0.25) is 4.68 Å². The van der Waals surface area contributed by atoms with Gasteiger partial charge in [-0.25, -0.2) is 4.79 Å². The Kier molecular flexibility index (Phi) is 5.76. The van der Waals surface area contributed by atoms with Crippen LogP contribution < -0.4 is 5.32 Å². The lowest BCUT2D eigenvalue weighted by atomic mass is 10.4. The minimum absolute atomic E-state index is 0.0841. The molecular weight excluding hydrogens is 272 g/mol. The zero-order chi connectivity index (χ0) is 14.4. The molecule has 0 spiro atoms. The molecule has 0 aromatic carbocycles. The maximum atomic E-state index is 12.0. The van der Waals surface area contributed by atoms with E-state index in [2.05, 4.69) is 23.4 Å². The van der Waals surface area contributed by atoms with Gasteiger partial charge in [0.05, 0.1) is 5.69 Å². The summed E-state index contributed by atoms with van der Waals surface area (Å²) in [5.41, 5.74) is 2.23. The maximum Gasteiger partial charge on any atom is 0.317 e. The first-order valence-electron chi connectivity index (χ1n) is 7.28. The van der Waals surface area contributed by atoms with Gasteiger partial charge in [0.25, 0.3) is 0 Å². The zero-order valence-electron chi connectivity index (χ0n) is 12.4. The third kappa shape index (κ3) is 4.44. The van der Waals surface area contributed by atoms with Gasteiger partial charge < -0.3 is 10.2 Å². The van der Waals surface area contributed by atoms with E-state index in [4.69, 9.17) is 0 Å². The zero-order valence-corrected chi connectivity index (χ0v) is 13.2. The Morgan fingerprint density at radius 3 is 3.00 bits per heavy atom. The number of carbonyl (C=O) groups is 1. The molecule has 1 aromatic heterocycles. The predicted molar refractivity (Wildman–Crippen MR) is 83.2 cm³/mol. The molecule has 112 valence electrons. The molecule has 1 aliphatic heterocycles. The van der Waals surface area contributed by atoms with Crippen LogP contribution in [0.15, 0.2) is 6.07 Å². The molecule has 2 heterocycles. The van der Waals surface area contributed by atoms with Crippen molar-refractivity contribution in [2.24, 2.45) is 0 Å². The second kappa shape index (κ2) is 7.57. The first-order valence-corrected chi connectivity index (χ1v) is 8.44. The van der Waals surface area contributed by atoms with E-state index in [0.717, 1.165) is 43.9 Å². The van der Waals surface area contributed by atoms with Gasteiger partial charge in [-0.05, 0) is 38.5 Å². The SMILES string of the molecule is Cc1cc(C)n(CCCNC(=O)N2CCCSCC2)n1. The third-order valence-corrected chi connectivity index (χ3v) is 4.48. The van der Waals surface area contributed by atoms with E-state index in [0.29, 0.717) is 6.54 Å². The fraction of sp³-hybridized carbons (Fsp3) is 0.714. The number of amides is 2. The minimum Gasteiger partial charge on any atom is -0.338 e. The highest BCUT2D eigenvalue weighted by Crippen LogP contribution is 2.09. The Balaban J connectivity index is 1.67. The molecule has 20 heavy (non-hydrogen) atoms. The molecule has 0 saturated carbocycles. The van der Waals surface area contributed by atoms with E-state index in [1.54, 1.807) is 0 Å². The lowest BCUT2D eigenvalue weighted by Crippen LogP contribution is -2.41. The second-order valence-electron chi connectivity index (χ2n) is 5.19. The number of aryl methyl sites for hydroxylation is 3. The number of carbonyl (C=O) groups excluding carboxylic acids is 1. The molecule has 0 unspecified atom stereocenters. The number of hydrogen-bond acceptors (Lipinski definition) is 3. The van der Waals surface area contributed by atoms with E-state index in [1.165, 1.54) is 11.4 Å². The van der Waals surface area contributed by atoms with Gasteiger partial charge >= 0.3 is 6.03 Å². The van der Waals surface area contributed by atoms with Gasteiger partial charge in [0, 0.05) is 37.6 Å². The molecular formula is C14H24N4OS. The van der Waals surface area contributed by atoms with E-state index < -0.39 is 0 Å². The molecule has 0 radical (unpaired) electrons. The summed E-state index contributed by atoms with van der Waals surface area (Å²) in [7, 11) is 0. The van der Waals surface area contributed by atoms with Crippen LogP contribution in [0.3, 0.4) is 0 Å². The van der Waals surface area contributed by atoms with Crippen molar-refractivity contribution >= 4 is 17.8 Å². The van der Waals surface area contributed by atoms with E-state index in [9.17, 15) is 4.79 Å².